The van der Waals surface area contributed by atoms with Crippen molar-refractivity contribution in [2.24, 2.45) is 0 Å². The van der Waals surface area contributed by atoms with E-state index in [2.05, 4.69) is 5.32 Å². The van der Waals surface area contributed by atoms with Crippen LogP contribution in [0.1, 0.15) is 17.5 Å². The SMILES string of the molecule is O=C1CCc2cc(-c3ccc(C(F)(F)F)cc3)cc([N+](=O)[O-])c2N1. The van der Waals surface area contributed by atoms with Crippen molar-refractivity contribution in [3.63, 3.8) is 0 Å². The summed E-state index contributed by atoms with van der Waals surface area (Å²) in [7, 11) is 0. The number of rotatable bonds is 2. The van der Waals surface area contributed by atoms with Gasteiger partial charge in [-0.1, -0.05) is 12.1 Å². The van der Waals surface area contributed by atoms with Gasteiger partial charge in [-0.3, -0.25) is 14.9 Å². The highest BCUT2D eigenvalue weighted by Gasteiger charge is 2.30. The monoisotopic (exact) mass is 336 g/mol. The molecule has 0 spiro atoms. The molecule has 0 atom stereocenters. The zero-order chi connectivity index (χ0) is 17.5. The molecule has 8 heteroatoms. The van der Waals surface area contributed by atoms with Gasteiger partial charge in [0.25, 0.3) is 5.69 Å². The van der Waals surface area contributed by atoms with Gasteiger partial charge in [0.2, 0.25) is 5.91 Å². The number of hydrogen-bond acceptors (Lipinski definition) is 3. The number of carbonyl (C=O) groups excluding carboxylic acids is 1. The summed E-state index contributed by atoms with van der Waals surface area (Å²) in [5.74, 6) is -0.298. The van der Waals surface area contributed by atoms with Crippen LogP contribution >= 0.6 is 0 Å². The van der Waals surface area contributed by atoms with Crippen LogP contribution in [0.5, 0.6) is 0 Å². The molecule has 2 aromatic carbocycles. The van der Waals surface area contributed by atoms with Crippen LogP contribution < -0.4 is 5.32 Å². The molecular weight excluding hydrogens is 325 g/mol. The maximum absolute atomic E-state index is 12.6. The molecule has 1 N–H and O–H groups in total. The summed E-state index contributed by atoms with van der Waals surface area (Å²) < 4.78 is 37.9. The Bertz CT molecular complexity index is 830. The molecule has 0 saturated carbocycles. The Hall–Kier alpha value is -2.90. The van der Waals surface area contributed by atoms with E-state index in [4.69, 9.17) is 0 Å². The Morgan fingerprint density at radius 1 is 1.04 bits per heavy atom. The van der Waals surface area contributed by atoms with E-state index in [-0.39, 0.29) is 23.7 Å². The van der Waals surface area contributed by atoms with Crippen molar-refractivity contribution in [1.29, 1.82) is 0 Å². The average molecular weight is 336 g/mol. The first kappa shape index (κ1) is 16.0. The predicted molar refractivity (Wildman–Crippen MR) is 80.5 cm³/mol. The highest BCUT2D eigenvalue weighted by atomic mass is 19.4. The van der Waals surface area contributed by atoms with Gasteiger partial charge in [-0.05, 0) is 41.3 Å². The van der Waals surface area contributed by atoms with Crippen molar-refractivity contribution in [3.8, 4) is 11.1 Å². The van der Waals surface area contributed by atoms with Crippen molar-refractivity contribution in [3.05, 3.63) is 57.6 Å². The zero-order valence-corrected chi connectivity index (χ0v) is 12.2. The minimum Gasteiger partial charge on any atom is -0.320 e. The normalized spacial score (nSPS) is 14.0. The molecule has 0 radical (unpaired) electrons. The summed E-state index contributed by atoms with van der Waals surface area (Å²) in [5.41, 5.74) is 0.572. The van der Waals surface area contributed by atoms with Gasteiger partial charge in [0.1, 0.15) is 5.69 Å². The molecule has 3 rings (SSSR count). The second-order valence-electron chi connectivity index (χ2n) is 5.41. The third kappa shape index (κ3) is 2.94. The van der Waals surface area contributed by atoms with Crippen molar-refractivity contribution in [2.75, 3.05) is 5.32 Å². The van der Waals surface area contributed by atoms with Gasteiger partial charge in [0.15, 0.2) is 0 Å². The summed E-state index contributed by atoms with van der Waals surface area (Å²) in [5, 5.41) is 13.7. The number of nitrogens with one attached hydrogen (secondary N) is 1. The van der Waals surface area contributed by atoms with Gasteiger partial charge >= 0.3 is 6.18 Å². The number of aryl methyl sites for hydroxylation is 1. The molecule has 0 unspecified atom stereocenters. The Morgan fingerprint density at radius 2 is 1.71 bits per heavy atom. The first-order valence-electron chi connectivity index (χ1n) is 7.04. The third-order valence-corrected chi connectivity index (χ3v) is 3.83. The number of anilines is 1. The zero-order valence-electron chi connectivity index (χ0n) is 12.2. The number of nitro benzene ring substituents is 1. The highest BCUT2D eigenvalue weighted by molar-refractivity contribution is 5.97. The summed E-state index contributed by atoms with van der Waals surface area (Å²) in [6.07, 6.45) is -3.89. The lowest BCUT2D eigenvalue weighted by Gasteiger charge is -2.18. The molecule has 1 amide bonds. The number of nitrogens with zero attached hydrogens (tertiary/aromatic N) is 1. The fraction of sp³-hybridized carbons (Fsp3) is 0.188. The number of carbonyl (C=O) groups is 1. The summed E-state index contributed by atoms with van der Waals surface area (Å²) in [6, 6.07) is 7.33. The van der Waals surface area contributed by atoms with Crippen LogP contribution in [0.2, 0.25) is 0 Å². The number of amides is 1. The summed E-state index contributed by atoms with van der Waals surface area (Å²) in [6.45, 7) is 0. The first-order valence-corrected chi connectivity index (χ1v) is 7.04. The summed E-state index contributed by atoms with van der Waals surface area (Å²) >= 11 is 0. The van der Waals surface area contributed by atoms with Crippen LogP contribution in [0.4, 0.5) is 24.5 Å². The highest BCUT2D eigenvalue weighted by Crippen LogP contribution is 2.38. The lowest BCUT2D eigenvalue weighted by atomic mass is 9.95. The molecule has 0 fully saturated rings. The second kappa shape index (κ2) is 5.63. The molecule has 24 heavy (non-hydrogen) atoms. The Labute approximate surface area is 134 Å². The van der Waals surface area contributed by atoms with E-state index in [1.165, 1.54) is 18.2 Å². The first-order chi connectivity index (χ1) is 11.3. The smallest absolute Gasteiger partial charge is 0.320 e. The minimum absolute atomic E-state index is 0.159. The second-order valence-corrected chi connectivity index (χ2v) is 5.41. The molecule has 0 bridgehead atoms. The van der Waals surface area contributed by atoms with E-state index < -0.39 is 16.7 Å². The van der Waals surface area contributed by atoms with Crippen LogP contribution in [0.3, 0.4) is 0 Å². The molecular formula is C16H11F3N2O3. The van der Waals surface area contributed by atoms with Crippen LogP contribution in [-0.2, 0) is 17.4 Å². The molecule has 0 saturated heterocycles. The summed E-state index contributed by atoms with van der Waals surface area (Å²) in [4.78, 5) is 22.1. The molecule has 1 aliphatic heterocycles. The fourth-order valence-electron chi connectivity index (χ4n) is 2.64. The van der Waals surface area contributed by atoms with E-state index in [1.807, 2.05) is 0 Å². The third-order valence-electron chi connectivity index (χ3n) is 3.83. The van der Waals surface area contributed by atoms with Crippen molar-refractivity contribution in [1.82, 2.24) is 0 Å². The number of halogens is 3. The van der Waals surface area contributed by atoms with E-state index in [9.17, 15) is 28.1 Å². The number of hydrogen-bond donors (Lipinski definition) is 1. The van der Waals surface area contributed by atoms with Crippen LogP contribution in [-0.4, -0.2) is 10.8 Å². The molecule has 5 nitrogen and oxygen atoms in total. The van der Waals surface area contributed by atoms with Crippen LogP contribution in [0, 0.1) is 10.1 Å². The molecule has 0 aliphatic carbocycles. The number of nitro groups is 1. The van der Waals surface area contributed by atoms with Gasteiger partial charge in [-0.25, -0.2) is 0 Å². The van der Waals surface area contributed by atoms with Crippen molar-refractivity contribution >= 4 is 17.3 Å². The Balaban J connectivity index is 2.07. The van der Waals surface area contributed by atoms with Gasteiger partial charge in [-0.2, -0.15) is 13.2 Å². The molecule has 2 aromatic rings. The standard InChI is InChI=1S/C16H11F3N2O3/c17-16(18,19)12-4-1-9(2-5-12)11-7-10-3-6-14(22)20-15(10)13(8-11)21(23)24/h1-2,4-5,7-8H,3,6H2,(H,20,22). The Morgan fingerprint density at radius 3 is 2.29 bits per heavy atom. The van der Waals surface area contributed by atoms with Crippen LogP contribution in [0.15, 0.2) is 36.4 Å². The lowest BCUT2D eigenvalue weighted by Crippen LogP contribution is -2.20. The average Bonchev–Trinajstić information content (AvgIpc) is 2.53. The topological polar surface area (TPSA) is 72.2 Å². The number of alkyl halides is 3. The number of fused-ring (bicyclic) bond motifs is 1. The molecule has 124 valence electrons. The van der Waals surface area contributed by atoms with Crippen LogP contribution in [0.25, 0.3) is 11.1 Å². The van der Waals surface area contributed by atoms with E-state index in [1.54, 1.807) is 6.07 Å². The minimum atomic E-state index is -4.44. The van der Waals surface area contributed by atoms with Gasteiger partial charge in [0, 0.05) is 12.5 Å². The Kier molecular flexibility index (Phi) is 3.75. The maximum atomic E-state index is 12.6. The maximum Gasteiger partial charge on any atom is 0.416 e. The van der Waals surface area contributed by atoms with Gasteiger partial charge in [0.05, 0.1) is 10.5 Å². The van der Waals surface area contributed by atoms with Gasteiger partial charge < -0.3 is 5.32 Å². The van der Waals surface area contributed by atoms with Crippen molar-refractivity contribution in [2.45, 2.75) is 19.0 Å². The van der Waals surface area contributed by atoms with Crippen molar-refractivity contribution < 1.29 is 22.9 Å². The lowest BCUT2D eigenvalue weighted by molar-refractivity contribution is -0.383. The fourth-order valence-corrected chi connectivity index (χ4v) is 2.64. The largest absolute Gasteiger partial charge is 0.416 e. The predicted octanol–water partition coefficient (Wildman–Crippen LogP) is 4.17. The van der Waals surface area contributed by atoms with E-state index in [0.29, 0.717) is 23.1 Å². The molecule has 1 aliphatic rings. The van der Waals surface area contributed by atoms with E-state index >= 15 is 0 Å². The van der Waals surface area contributed by atoms with E-state index in [0.717, 1.165) is 12.1 Å². The number of benzene rings is 2. The molecule has 0 aromatic heterocycles. The quantitative estimate of drug-likeness (QED) is 0.661. The molecule has 1 heterocycles. The van der Waals surface area contributed by atoms with Gasteiger partial charge in [-0.15, -0.1) is 0 Å².